The Balaban J connectivity index is 0.00000256. The summed E-state index contributed by atoms with van der Waals surface area (Å²) in [5, 5.41) is 8.82. The van der Waals surface area contributed by atoms with Gasteiger partial charge < -0.3 is 20.3 Å². The number of nitrogens with one attached hydrogen (secondary N) is 2. The topological polar surface area (TPSA) is 66.0 Å². The van der Waals surface area contributed by atoms with Crippen molar-refractivity contribution in [3.63, 3.8) is 0 Å². The Morgan fingerprint density at radius 2 is 2.07 bits per heavy atom. The highest BCUT2D eigenvalue weighted by Crippen LogP contribution is 2.36. The lowest BCUT2D eigenvalue weighted by atomic mass is 9.79. The maximum Gasteiger partial charge on any atom is 0.220 e. The lowest BCUT2D eigenvalue weighted by Crippen LogP contribution is -2.51. The lowest BCUT2D eigenvalue weighted by Gasteiger charge is -2.40. The number of likely N-dealkylation sites (tertiary alicyclic amines) is 1. The zero-order valence-electron chi connectivity index (χ0n) is 17.7. The smallest absolute Gasteiger partial charge is 0.220 e. The highest BCUT2D eigenvalue weighted by atomic mass is 127. The number of halogens is 1. The molecule has 1 unspecified atom stereocenters. The summed E-state index contributed by atoms with van der Waals surface area (Å²) in [4.78, 5) is 19.0. The third-order valence-electron chi connectivity index (χ3n) is 6.02. The van der Waals surface area contributed by atoms with E-state index in [0.29, 0.717) is 13.0 Å². The van der Waals surface area contributed by atoms with Crippen molar-refractivity contribution in [1.82, 2.24) is 15.5 Å². The molecule has 2 aliphatic rings. The molecule has 4 rings (SSSR count). The van der Waals surface area contributed by atoms with Crippen molar-refractivity contribution in [3.05, 3.63) is 42.0 Å². The van der Waals surface area contributed by atoms with Gasteiger partial charge in [-0.2, -0.15) is 0 Å². The molecule has 0 radical (unpaired) electrons. The Hall–Kier alpha value is -2.03. The first-order valence-corrected chi connectivity index (χ1v) is 10.5. The molecule has 2 aliphatic heterocycles. The minimum atomic E-state index is 0. The standard InChI is InChI=1S/C23H30N4O2.HI/c1-3-24-22(27-10-4-9-23(16-27)13-21(28)26-15-23)25-14-17-5-6-19-12-20(29-2)8-7-18(19)11-17;/h5-8,11-12H,3-4,9-10,13-16H2,1-2H3,(H,24,25)(H,26,28);1H. The van der Waals surface area contributed by atoms with Gasteiger partial charge in [-0.25, -0.2) is 4.99 Å². The average molecular weight is 522 g/mol. The van der Waals surface area contributed by atoms with E-state index in [4.69, 9.17) is 9.73 Å². The minimum absolute atomic E-state index is 0. The van der Waals surface area contributed by atoms with Crippen molar-refractivity contribution < 1.29 is 9.53 Å². The normalized spacial score (nSPS) is 21.5. The van der Waals surface area contributed by atoms with Crippen LogP contribution in [-0.4, -0.2) is 50.1 Å². The first-order chi connectivity index (χ1) is 14.1. The third kappa shape index (κ3) is 4.99. The zero-order chi connectivity index (χ0) is 20.3. The monoisotopic (exact) mass is 522 g/mol. The molecule has 0 bridgehead atoms. The first kappa shape index (κ1) is 22.7. The predicted molar refractivity (Wildman–Crippen MR) is 132 cm³/mol. The molecule has 0 saturated carbocycles. The van der Waals surface area contributed by atoms with Gasteiger partial charge in [0.25, 0.3) is 0 Å². The molecule has 2 aromatic carbocycles. The lowest BCUT2D eigenvalue weighted by molar-refractivity contribution is -0.119. The molecular weight excluding hydrogens is 491 g/mol. The number of aliphatic imine (C=N–C) groups is 1. The summed E-state index contributed by atoms with van der Waals surface area (Å²) in [6.07, 6.45) is 2.84. The summed E-state index contributed by atoms with van der Waals surface area (Å²) in [6.45, 7) is 6.21. The molecule has 1 amide bonds. The van der Waals surface area contributed by atoms with Gasteiger partial charge in [0, 0.05) is 38.0 Å². The van der Waals surface area contributed by atoms with E-state index in [0.717, 1.165) is 50.7 Å². The predicted octanol–water partition coefficient (Wildman–Crippen LogP) is 3.53. The van der Waals surface area contributed by atoms with Crippen molar-refractivity contribution in [3.8, 4) is 5.75 Å². The molecular formula is C23H31IN4O2. The summed E-state index contributed by atoms with van der Waals surface area (Å²) in [6, 6.07) is 12.6. The number of fused-ring (bicyclic) bond motifs is 1. The molecule has 0 aromatic heterocycles. The summed E-state index contributed by atoms with van der Waals surface area (Å²) >= 11 is 0. The molecule has 2 saturated heterocycles. The Bertz CT molecular complexity index is 933. The highest BCUT2D eigenvalue weighted by Gasteiger charge is 2.42. The molecule has 1 spiro atoms. The second-order valence-corrected chi connectivity index (χ2v) is 8.20. The number of methoxy groups -OCH3 is 1. The second-order valence-electron chi connectivity index (χ2n) is 8.20. The van der Waals surface area contributed by atoms with Gasteiger partial charge in [-0.3, -0.25) is 4.79 Å². The molecule has 2 N–H and O–H groups in total. The molecule has 6 nitrogen and oxygen atoms in total. The first-order valence-electron chi connectivity index (χ1n) is 10.5. The van der Waals surface area contributed by atoms with Crippen molar-refractivity contribution in [1.29, 1.82) is 0 Å². The minimum Gasteiger partial charge on any atom is -0.497 e. The number of amides is 1. The van der Waals surface area contributed by atoms with E-state index in [-0.39, 0.29) is 35.3 Å². The quantitative estimate of drug-likeness (QED) is 0.367. The molecule has 1 atom stereocenters. The fourth-order valence-electron chi connectivity index (χ4n) is 4.52. The Kier molecular flexibility index (Phi) is 7.44. The number of carbonyl (C=O) groups is 1. The summed E-state index contributed by atoms with van der Waals surface area (Å²) in [5.74, 6) is 2.00. The number of rotatable bonds is 4. The number of hydrogen-bond acceptors (Lipinski definition) is 3. The highest BCUT2D eigenvalue weighted by molar-refractivity contribution is 14.0. The van der Waals surface area contributed by atoms with Crippen LogP contribution in [0, 0.1) is 5.41 Å². The Morgan fingerprint density at radius 3 is 2.80 bits per heavy atom. The van der Waals surface area contributed by atoms with E-state index >= 15 is 0 Å². The van der Waals surface area contributed by atoms with Crippen molar-refractivity contribution in [2.45, 2.75) is 32.7 Å². The van der Waals surface area contributed by atoms with Gasteiger partial charge in [0.2, 0.25) is 5.91 Å². The average Bonchev–Trinajstić information content (AvgIpc) is 3.09. The van der Waals surface area contributed by atoms with Crippen LogP contribution < -0.4 is 15.4 Å². The van der Waals surface area contributed by atoms with Crippen LogP contribution in [0.5, 0.6) is 5.75 Å². The molecule has 0 aliphatic carbocycles. The molecule has 162 valence electrons. The summed E-state index contributed by atoms with van der Waals surface area (Å²) in [7, 11) is 1.69. The number of piperidine rings is 1. The Labute approximate surface area is 195 Å². The molecule has 2 fully saturated rings. The van der Waals surface area contributed by atoms with Crippen LogP contribution in [0.4, 0.5) is 0 Å². The number of ether oxygens (including phenoxy) is 1. The van der Waals surface area contributed by atoms with Crippen LogP contribution in [0.2, 0.25) is 0 Å². The van der Waals surface area contributed by atoms with Crippen LogP contribution in [0.15, 0.2) is 41.4 Å². The van der Waals surface area contributed by atoms with Crippen LogP contribution in [0.1, 0.15) is 31.7 Å². The van der Waals surface area contributed by atoms with Gasteiger partial charge in [0.15, 0.2) is 5.96 Å². The maximum atomic E-state index is 11.8. The SMILES string of the molecule is CCNC(=NCc1ccc2cc(OC)ccc2c1)N1CCCC2(CNC(=O)C2)C1.I. The van der Waals surface area contributed by atoms with Crippen LogP contribution in [-0.2, 0) is 11.3 Å². The summed E-state index contributed by atoms with van der Waals surface area (Å²) < 4.78 is 5.31. The van der Waals surface area contributed by atoms with E-state index in [1.54, 1.807) is 7.11 Å². The molecule has 7 heteroatoms. The zero-order valence-corrected chi connectivity index (χ0v) is 20.1. The van der Waals surface area contributed by atoms with E-state index in [9.17, 15) is 4.79 Å². The van der Waals surface area contributed by atoms with Gasteiger partial charge in [-0.1, -0.05) is 18.2 Å². The largest absolute Gasteiger partial charge is 0.497 e. The van der Waals surface area contributed by atoms with E-state index < -0.39 is 0 Å². The van der Waals surface area contributed by atoms with Crippen LogP contribution in [0.3, 0.4) is 0 Å². The third-order valence-corrected chi connectivity index (χ3v) is 6.02. The van der Waals surface area contributed by atoms with Gasteiger partial charge in [0.1, 0.15) is 5.75 Å². The van der Waals surface area contributed by atoms with E-state index in [1.165, 1.54) is 16.3 Å². The molecule has 2 aromatic rings. The van der Waals surface area contributed by atoms with Gasteiger partial charge in [-0.15, -0.1) is 24.0 Å². The van der Waals surface area contributed by atoms with Crippen LogP contribution >= 0.6 is 24.0 Å². The van der Waals surface area contributed by atoms with Gasteiger partial charge >= 0.3 is 0 Å². The summed E-state index contributed by atoms with van der Waals surface area (Å²) in [5.41, 5.74) is 1.25. The van der Waals surface area contributed by atoms with Crippen molar-refractivity contribution in [2.75, 3.05) is 33.3 Å². The number of carbonyl (C=O) groups excluding carboxylic acids is 1. The van der Waals surface area contributed by atoms with Crippen molar-refractivity contribution in [2.24, 2.45) is 10.4 Å². The number of guanidine groups is 1. The Morgan fingerprint density at radius 1 is 1.27 bits per heavy atom. The number of hydrogen-bond donors (Lipinski definition) is 2. The van der Waals surface area contributed by atoms with Gasteiger partial charge in [-0.05, 0) is 54.3 Å². The van der Waals surface area contributed by atoms with E-state index in [1.807, 2.05) is 6.07 Å². The fraction of sp³-hybridized carbons (Fsp3) is 0.478. The molecule has 30 heavy (non-hydrogen) atoms. The fourth-order valence-corrected chi connectivity index (χ4v) is 4.52. The van der Waals surface area contributed by atoms with Crippen LogP contribution in [0.25, 0.3) is 10.8 Å². The second kappa shape index (κ2) is 9.85. The number of benzene rings is 2. The van der Waals surface area contributed by atoms with Gasteiger partial charge in [0.05, 0.1) is 13.7 Å². The van der Waals surface area contributed by atoms with E-state index in [2.05, 4.69) is 52.8 Å². The number of nitrogens with zero attached hydrogens (tertiary/aromatic N) is 2. The van der Waals surface area contributed by atoms with Crippen molar-refractivity contribution >= 4 is 46.6 Å². The maximum absolute atomic E-state index is 11.8. The molecule has 2 heterocycles.